The number of hydrogen-bond acceptors (Lipinski definition) is 7. The molecule has 0 saturated heterocycles. The SMILES string of the molecule is O=C(CSc1nnc(-c2ccncc2)n1-c1ccccc1)N/N=C\c1cccnc1. The molecule has 0 fully saturated rings. The van der Waals surface area contributed by atoms with Crippen LogP contribution in [0.2, 0.25) is 0 Å². The van der Waals surface area contributed by atoms with Gasteiger partial charge in [-0.1, -0.05) is 36.0 Å². The molecule has 0 bridgehead atoms. The number of benzene rings is 1. The number of carbonyl (C=O) groups is 1. The Bertz CT molecular complexity index is 1130. The molecular formula is C21H17N7OS. The zero-order valence-electron chi connectivity index (χ0n) is 15.8. The highest BCUT2D eigenvalue weighted by Crippen LogP contribution is 2.27. The van der Waals surface area contributed by atoms with E-state index >= 15 is 0 Å². The van der Waals surface area contributed by atoms with Crippen molar-refractivity contribution in [2.45, 2.75) is 5.16 Å². The van der Waals surface area contributed by atoms with Crippen LogP contribution in [0.25, 0.3) is 17.1 Å². The van der Waals surface area contributed by atoms with Crippen LogP contribution in [0.3, 0.4) is 0 Å². The molecule has 0 spiro atoms. The number of nitrogens with one attached hydrogen (secondary N) is 1. The van der Waals surface area contributed by atoms with E-state index < -0.39 is 0 Å². The second-order valence-corrected chi connectivity index (χ2v) is 7.02. The first-order valence-electron chi connectivity index (χ1n) is 9.07. The zero-order chi connectivity index (χ0) is 20.6. The van der Waals surface area contributed by atoms with Crippen molar-refractivity contribution >= 4 is 23.9 Å². The summed E-state index contributed by atoms with van der Waals surface area (Å²) in [7, 11) is 0. The number of amides is 1. The number of hydrogen-bond donors (Lipinski definition) is 1. The van der Waals surface area contributed by atoms with Crippen LogP contribution in [0.5, 0.6) is 0 Å². The number of nitrogens with zero attached hydrogens (tertiary/aromatic N) is 6. The Morgan fingerprint density at radius 1 is 1.00 bits per heavy atom. The Hall–Kier alpha value is -3.85. The van der Waals surface area contributed by atoms with Gasteiger partial charge >= 0.3 is 0 Å². The van der Waals surface area contributed by atoms with Crippen LogP contribution in [0.4, 0.5) is 0 Å². The summed E-state index contributed by atoms with van der Waals surface area (Å²) < 4.78 is 1.92. The molecule has 4 aromatic rings. The molecule has 8 nitrogen and oxygen atoms in total. The lowest BCUT2D eigenvalue weighted by Crippen LogP contribution is -2.20. The van der Waals surface area contributed by atoms with Crippen molar-refractivity contribution in [3.8, 4) is 17.1 Å². The molecule has 148 valence electrons. The maximum Gasteiger partial charge on any atom is 0.250 e. The van der Waals surface area contributed by atoms with Crippen LogP contribution in [0.15, 0.2) is 89.6 Å². The Balaban J connectivity index is 1.49. The summed E-state index contributed by atoms with van der Waals surface area (Å²) >= 11 is 1.29. The number of carbonyl (C=O) groups excluding carboxylic acids is 1. The molecular weight excluding hydrogens is 398 g/mol. The monoisotopic (exact) mass is 415 g/mol. The van der Waals surface area contributed by atoms with Gasteiger partial charge in [0, 0.05) is 41.6 Å². The number of pyridine rings is 2. The first kappa shape index (κ1) is 19.5. The summed E-state index contributed by atoms with van der Waals surface area (Å²) in [5.74, 6) is 0.584. The largest absolute Gasteiger partial charge is 0.272 e. The van der Waals surface area contributed by atoms with Crippen LogP contribution in [-0.4, -0.2) is 42.6 Å². The molecule has 3 aromatic heterocycles. The van der Waals surface area contributed by atoms with E-state index in [2.05, 4.69) is 30.7 Å². The summed E-state index contributed by atoms with van der Waals surface area (Å²) in [6.07, 6.45) is 8.30. The minimum Gasteiger partial charge on any atom is -0.272 e. The fraction of sp³-hybridized carbons (Fsp3) is 0.0476. The van der Waals surface area contributed by atoms with Gasteiger partial charge in [-0.3, -0.25) is 19.3 Å². The predicted molar refractivity (Wildman–Crippen MR) is 115 cm³/mol. The topological polar surface area (TPSA) is 98.0 Å². The van der Waals surface area contributed by atoms with Gasteiger partial charge in [0.2, 0.25) is 0 Å². The summed E-state index contributed by atoms with van der Waals surface area (Å²) in [6, 6.07) is 17.2. The first-order chi connectivity index (χ1) is 14.8. The number of rotatable bonds is 7. The van der Waals surface area contributed by atoms with E-state index in [1.54, 1.807) is 37.1 Å². The maximum atomic E-state index is 12.2. The Morgan fingerprint density at radius 2 is 1.83 bits per heavy atom. The lowest BCUT2D eigenvalue weighted by Gasteiger charge is -2.10. The van der Waals surface area contributed by atoms with Gasteiger partial charge in [0.25, 0.3) is 5.91 Å². The summed E-state index contributed by atoms with van der Waals surface area (Å²) in [6.45, 7) is 0. The van der Waals surface area contributed by atoms with E-state index in [1.165, 1.54) is 11.8 Å². The Morgan fingerprint density at radius 3 is 2.60 bits per heavy atom. The molecule has 1 N–H and O–H groups in total. The lowest BCUT2D eigenvalue weighted by molar-refractivity contribution is -0.118. The molecule has 0 unspecified atom stereocenters. The molecule has 4 rings (SSSR count). The van der Waals surface area contributed by atoms with Crippen LogP contribution in [0.1, 0.15) is 5.56 Å². The minimum atomic E-state index is -0.242. The second kappa shape index (κ2) is 9.57. The van der Waals surface area contributed by atoms with Gasteiger partial charge in [0.15, 0.2) is 11.0 Å². The van der Waals surface area contributed by atoms with Gasteiger partial charge in [-0.25, -0.2) is 5.43 Å². The average molecular weight is 415 g/mol. The van der Waals surface area contributed by atoms with E-state index in [4.69, 9.17) is 0 Å². The van der Waals surface area contributed by atoms with Gasteiger partial charge in [-0.2, -0.15) is 5.10 Å². The predicted octanol–water partition coefficient (Wildman–Crippen LogP) is 2.97. The molecule has 9 heteroatoms. The molecule has 0 aliphatic carbocycles. The van der Waals surface area contributed by atoms with Crippen molar-refractivity contribution in [3.63, 3.8) is 0 Å². The van der Waals surface area contributed by atoms with E-state index in [-0.39, 0.29) is 11.7 Å². The van der Waals surface area contributed by atoms with Crippen LogP contribution < -0.4 is 5.43 Å². The molecule has 1 amide bonds. The van der Waals surface area contributed by atoms with E-state index in [0.29, 0.717) is 11.0 Å². The molecule has 0 aliphatic rings. The van der Waals surface area contributed by atoms with Gasteiger partial charge < -0.3 is 0 Å². The average Bonchev–Trinajstić information content (AvgIpc) is 3.23. The second-order valence-electron chi connectivity index (χ2n) is 6.08. The van der Waals surface area contributed by atoms with Crippen molar-refractivity contribution in [2.75, 3.05) is 5.75 Å². The van der Waals surface area contributed by atoms with Gasteiger partial charge in [0.05, 0.1) is 12.0 Å². The van der Waals surface area contributed by atoms with Gasteiger partial charge in [-0.15, -0.1) is 10.2 Å². The Kier molecular flexibility index (Phi) is 6.21. The first-order valence-corrected chi connectivity index (χ1v) is 10.1. The van der Waals surface area contributed by atoms with Crippen LogP contribution in [-0.2, 0) is 4.79 Å². The van der Waals surface area contributed by atoms with Gasteiger partial charge in [0.1, 0.15) is 0 Å². The molecule has 0 saturated carbocycles. The standard InChI is InChI=1S/C21H17N7OS/c29-19(25-24-14-16-5-4-10-23-13-16)15-30-21-27-26-20(17-8-11-22-12-9-17)28(21)18-6-2-1-3-7-18/h1-14H,15H2,(H,25,29)/b24-14-. The van der Waals surface area contributed by atoms with Gasteiger partial charge in [-0.05, 0) is 30.3 Å². The number of hydrazone groups is 1. The molecule has 30 heavy (non-hydrogen) atoms. The highest BCUT2D eigenvalue weighted by molar-refractivity contribution is 7.99. The van der Waals surface area contributed by atoms with E-state index in [1.807, 2.05) is 53.1 Å². The molecule has 0 aliphatic heterocycles. The van der Waals surface area contributed by atoms with Crippen molar-refractivity contribution in [1.82, 2.24) is 30.2 Å². The molecule has 1 aromatic carbocycles. The third kappa shape index (κ3) is 4.76. The third-order valence-electron chi connectivity index (χ3n) is 4.01. The normalized spacial score (nSPS) is 10.9. The van der Waals surface area contributed by atoms with Crippen molar-refractivity contribution in [3.05, 3.63) is 84.9 Å². The van der Waals surface area contributed by atoms with Crippen molar-refractivity contribution in [1.29, 1.82) is 0 Å². The fourth-order valence-electron chi connectivity index (χ4n) is 2.65. The minimum absolute atomic E-state index is 0.145. The fourth-order valence-corrected chi connectivity index (χ4v) is 3.40. The zero-order valence-corrected chi connectivity index (χ0v) is 16.6. The van der Waals surface area contributed by atoms with Crippen LogP contribution in [0, 0.1) is 0 Å². The van der Waals surface area contributed by atoms with Crippen molar-refractivity contribution in [2.24, 2.45) is 5.10 Å². The maximum absolute atomic E-state index is 12.2. The molecule has 0 radical (unpaired) electrons. The van der Waals surface area contributed by atoms with Crippen LogP contribution >= 0.6 is 11.8 Å². The smallest absolute Gasteiger partial charge is 0.250 e. The Labute approximate surface area is 177 Å². The highest BCUT2D eigenvalue weighted by atomic mass is 32.2. The number of thioether (sulfide) groups is 1. The van der Waals surface area contributed by atoms with E-state index in [0.717, 1.165) is 16.8 Å². The summed E-state index contributed by atoms with van der Waals surface area (Å²) in [5.41, 5.74) is 5.11. The van der Waals surface area contributed by atoms with E-state index in [9.17, 15) is 4.79 Å². The quantitative estimate of drug-likeness (QED) is 0.283. The third-order valence-corrected chi connectivity index (χ3v) is 4.93. The van der Waals surface area contributed by atoms with Crippen molar-refractivity contribution < 1.29 is 4.79 Å². The number of para-hydroxylation sites is 1. The molecule has 0 atom stereocenters. The number of aromatic nitrogens is 5. The summed E-state index contributed by atoms with van der Waals surface area (Å²) in [4.78, 5) is 20.3. The lowest BCUT2D eigenvalue weighted by atomic mass is 10.2. The summed E-state index contributed by atoms with van der Waals surface area (Å²) in [5, 5.41) is 13.2. The highest BCUT2D eigenvalue weighted by Gasteiger charge is 2.17. The molecule has 3 heterocycles.